The summed E-state index contributed by atoms with van der Waals surface area (Å²) in [6.45, 7) is 15.9. The second kappa shape index (κ2) is 21.7. The summed E-state index contributed by atoms with van der Waals surface area (Å²) in [5.74, 6) is 2.80. The maximum atomic E-state index is 6.43. The Morgan fingerprint density at radius 2 is 1.12 bits per heavy atom. The molecule has 13 heteroatoms. The van der Waals surface area contributed by atoms with Crippen LogP contribution in [-0.2, 0) is 39.3 Å². The minimum atomic E-state index is 0. The zero-order chi connectivity index (χ0) is 39.1. The number of ether oxygens (including phenoxy) is 2. The van der Waals surface area contributed by atoms with Gasteiger partial charge in [-0.2, -0.15) is 0 Å². The van der Waals surface area contributed by atoms with Gasteiger partial charge in [-0.1, -0.05) is 68.2 Å². The third kappa shape index (κ3) is 11.7. The standard InChI is InChI=1S/C21H27ClN4O.C15H15Cl2N3O.C6H13N.2CH4/c1-14-7-8-17(27-3)10-16(14)11-25-12-18-19(13-25)21(24-23-20(18)22)26-9-5-4-6-15(26)2;1-9-3-4-11(21-2)5-10(9)6-20-7-12-13(8-20)15(17)19-18-14(12)16;1-6-4-2-3-5-7-6;;/h7-8,10,15H,4-6,9,11-13H2,1-3H3;3-5H,6-8H2,1-2H3;6-7H,2-5H2,1H3;2*1H4/t15-;;6-;;/m0.0../s1. The van der Waals surface area contributed by atoms with E-state index in [2.05, 4.69) is 92.4 Å². The summed E-state index contributed by atoms with van der Waals surface area (Å²) in [6.07, 6.45) is 7.91. The Hall–Kier alpha value is -3.25. The molecule has 0 radical (unpaired) electrons. The number of hydrogen-bond donors (Lipinski definition) is 1. The molecule has 2 fully saturated rings. The number of fused-ring (bicyclic) bond motifs is 2. The average molecular weight is 842 g/mol. The fourth-order valence-corrected chi connectivity index (χ4v) is 8.48. The highest BCUT2D eigenvalue weighted by Crippen LogP contribution is 2.37. The molecule has 0 bridgehead atoms. The number of benzene rings is 2. The van der Waals surface area contributed by atoms with Crippen LogP contribution in [0.5, 0.6) is 11.5 Å². The number of nitrogens with one attached hydrogen (secondary N) is 1. The average Bonchev–Trinajstić information content (AvgIpc) is 3.82. The molecule has 2 atom stereocenters. The Labute approximate surface area is 356 Å². The summed E-state index contributed by atoms with van der Waals surface area (Å²) < 4.78 is 10.7. The van der Waals surface area contributed by atoms with Gasteiger partial charge in [0.15, 0.2) is 21.3 Å². The van der Waals surface area contributed by atoms with Crippen molar-refractivity contribution in [3.63, 3.8) is 0 Å². The van der Waals surface area contributed by atoms with E-state index < -0.39 is 0 Å². The van der Waals surface area contributed by atoms with Crippen molar-refractivity contribution >= 4 is 40.6 Å². The van der Waals surface area contributed by atoms with Gasteiger partial charge in [0.05, 0.1) is 14.2 Å². The lowest BCUT2D eigenvalue weighted by Crippen LogP contribution is -2.39. The van der Waals surface area contributed by atoms with Crippen LogP contribution in [0.1, 0.15) is 112 Å². The third-order valence-electron chi connectivity index (χ3n) is 11.3. The van der Waals surface area contributed by atoms with E-state index >= 15 is 0 Å². The Morgan fingerprint density at radius 3 is 1.56 bits per heavy atom. The molecule has 2 aromatic heterocycles. The molecule has 0 saturated carbocycles. The molecule has 2 saturated heterocycles. The summed E-state index contributed by atoms with van der Waals surface area (Å²) in [6, 6.07) is 13.7. The van der Waals surface area contributed by atoms with Crippen molar-refractivity contribution in [1.29, 1.82) is 0 Å². The summed E-state index contributed by atoms with van der Waals surface area (Å²) >= 11 is 18.6. The smallest absolute Gasteiger partial charge is 0.156 e. The number of hydrogen-bond acceptors (Lipinski definition) is 10. The van der Waals surface area contributed by atoms with E-state index in [0.717, 1.165) is 85.9 Å². The summed E-state index contributed by atoms with van der Waals surface area (Å²) in [4.78, 5) is 7.11. The molecule has 0 amide bonds. The first-order valence-electron chi connectivity index (χ1n) is 19.5. The lowest BCUT2D eigenvalue weighted by molar-refractivity contribution is 0.274. The van der Waals surface area contributed by atoms with Crippen LogP contribution in [0, 0.1) is 13.8 Å². The van der Waals surface area contributed by atoms with Gasteiger partial charge < -0.3 is 19.7 Å². The Morgan fingerprint density at radius 1 is 0.649 bits per heavy atom. The van der Waals surface area contributed by atoms with Gasteiger partial charge in [0.1, 0.15) is 11.5 Å². The van der Waals surface area contributed by atoms with Gasteiger partial charge in [-0.25, -0.2) is 0 Å². The molecule has 6 heterocycles. The highest BCUT2D eigenvalue weighted by atomic mass is 35.5. The van der Waals surface area contributed by atoms with Crippen LogP contribution in [0.15, 0.2) is 36.4 Å². The van der Waals surface area contributed by atoms with Gasteiger partial charge in [-0.15, -0.1) is 20.4 Å². The van der Waals surface area contributed by atoms with Gasteiger partial charge in [0, 0.05) is 80.2 Å². The van der Waals surface area contributed by atoms with Crippen LogP contribution in [0.25, 0.3) is 0 Å². The molecule has 4 aromatic rings. The monoisotopic (exact) mass is 840 g/mol. The van der Waals surface area contributed by atoms with Crippen molar-refractivity contribution in [1.82, 2.24) is 35.5 Å². The minimum absolute atomic E-state index is 0. The minimum Gasteiger partial charge on any atom is -0.497 e. The van der Waals surface area contributed by atoms with E-state index in [1.165, 1.54) is 72.9 Å². The van der Waals surface area contributed by atoms with Crippen LogP contribution < -0.4 is 19.7 Å². The van der Waals surface area contributed by atoms with Crippen molar-refractivity contribution in [3.05, 3.63) is 96.4 Å². The molecular formula is C44H63Cl3N8O2. The maximum absolute atomic E-state index is 6.43. The van der Waals surface area contributed by atoms with Crippen molar-refractivity contribution in [2.24, 2.45) is 0 Å². The van der Waals surface area contributed by atoms with Gasteiger partial charge in [0.2, 0.25) is 0 Å². The van der Waals surface area contributed by atoms with E-state index in [1.54, 1.807) is 14.2 Å². The van der Waals surface area contributed by atoms with Crippen LogP contribution in [0.4, 0.5) is 5.82 Å². The van der Waals surface area contributed by atoms with Crippen LogP contribution in [0.2, 0.25) is 15.5 Å². The highest BCUT2D eigenvalue weighted by Gasteiger charge is 2.31. The molecule has 0 unspecified atom stereocenters. The summed E-state index contributed by atoms with van der Waals surface area (Å²) in [7, 11) is 3.39. The van der Waals surface area contributed by atoms with Gasteiger partial charge >= 0.3 is 0 Å². The zero-order valence-electron chi connectivity index (χ0n) is 33.1. The number of nitrogens with zero attached hydrogens (tertiary/aromatic N) is 7. The molecule has 0 aliphatic carbocycles. The Bertz CT molecular complexity index is 1890. The zero-order valence-corrected chi connectivity index (χ0v) is 35.4. The number of methoxy groups -OCH3 is 2. The number of anilines is 1. The first-order chi connectivity index (χ1) is 26.5. The predicted molar refractivity (Wildman–Crippen MR) is 236 cm³/mol. The van der Waals surface area contributed by atoms with Crippen molar-refractivity contribution in [3.8, 4) is 11.5 Å². The molecule has 0 spiro atoms. The molecule has 57 heavy (non-hydrogen) atoms. The maximum Gasteiger partial charge on any atom is 0.156 e. The van der Waals surface area contributed by atoms with Crippen molar-refractivity contribution in [2.45, 2.75) is 132 Å². The topological polar surface area (TPSA) is 91.8 Å². The van der Waals surface area contributed by atoms with E-state index in [-0.39, 0.29) is 14.9 Å². The molecular weight excluding hydrogens is 779 g/mol. The van der Waals surface area contributed by atoms with Crippen molar-refractivity contribution in [2.75, 3.05) is 32.2 Å². The lowest BCUT2D eigenvalue weighted by atomic mass is 10.0. The first kappa shape index (κ1) is 46.4. The van der Waals surface area contributed by atoms with E-state index in [1.807, 2.05) is 12.1 Å². The quantitative estimate of drug-likeness (QED) is 0.194. The lowest BCUT2D eigenvalue weighted by Gasteiger charge is -2.35. The third-order valence-corrected chi connectivity index (χ3v) is 12.2. The number of aromatic nitrogens is 4. The number of rotatable bonds is 7. The number of halogens is 3. The molecule has 312 valence electrons. The summed E-state index contributed by atoms with van der Waals surface area (Å²) in [5.41, 5.74) is 9.39. The van der Waals surface area contributed by atoms with E-state index in [4.69, 9.17) is 44.3 Å². The molecule has 4 aliphatic rings. The van der Waals surface area contributed by atoms with Crippen LogP contribution in [0.3, 0.4) is 0 Å². The molecule has 10 nitrogen and oxygen atoms in total. The fraction of sp³-hybridized carbons (Fsp3) is 0.545. The fourth-order valence-electron chi connectivity index (χ4n) is 7.85. The van der Waals surface area contributed by atoms with Gasteiger partial charge in [-0.05, 0) is 113 Å². The molecule has 2 aromatic carbocycles. The molecule has 1 N–H and O–H groups in total. The number of aryl methyl sites for hydroxylation is 2. The predicted octanol–water partition coefficient (Wildman–Crippen LogP) is 10.4. The van der Waals surface area contributed by atoms with Crippen LogP contribution >= 0.6 is 34.8 Å². The summed E-state index contributed by atoms with van der Waals surface area (Å²) in [5, 5.41) is 21.3. The SMILES string of the molecule is C.C.COc1ccc(C)c(CN2Cc3c(Cl)nnc(Cl)c3C2)c1.COc1ccc(C)c(CN2Cc3c(Cl)nnc(N4CCCC[C@@H]4C)c3C2)c1.C[C@H]1CCCCN1. The molecule has 8 rings (SSSR count). The Balaban J connectivity index is 0.000000213. The van der Waals surface area contributed by atoms with Crippen molar-refractivity contribution < 1.29 is 9.47 Å². The van der Waals surface area contributed by atoms with Gasteiger partial charge in [-0.3, -0.25) is 9.80 Å². The Kier molecular flexibility index (Phi) is 17.7. The van der Waals surface area contributed by atoms with E-state index in [9.17, 15) is 0 Å². The first-order valence-corrected chi connectivity index (χ1v) is 20.6. The number of piperidine rings is 2. The largest absolute Gasteiger partial charge is 0.497 e. The van der Waals surface area contributed by atoms with Crippen LogP contribution in [-0.4, -0.2) is 69.6 Å². The second-order valence-electron chi connectivity index (χ2n) is 15.3. The second-order valence-corrected chi connectivity index (χ2v) is 16.3. The normalized spacial score (nSPS) is 18.8. The molecule has 4 aliphatic heterocycles. The van der Waals surface area contributed by atoms with Gasteiger partial charge in [0.25, 0.3) is 0 Å². The van der Waals surface area contributed by atoms with E-state index in [0.29, 0.717) is 21.5 Å². The highest BCUT2D eigenvalue weighted by molar-refractivity contribution is 6.32.